The predicted molar refractivity (Wildman–Crippen MR) is 273 cm³/mol. The normalized spacial score (nSPS) is 22.1. The lowest BCUT2D eigenvalue weighted by Crippen LogP contribution is -2.60. The summed E-state index contributed by atoms with van der Waals surface area (Å²) in [5.74, 6) is -7.67. The number of aliphatic imine (C=N–C) groups is 2. The number of fused-ring (bicyclic) bond motifs is 2. The number of nitrogens with one attached hydrogen (secondary N) is 8. The Labute approximate surface area is 427 Å². The fraction of sp³-hybridized carbons (Fsp3) is 0.490. The number of aliphatic carboxylic acids is 1. The summed E-state index contributed by atoms with van der Waals surface area (Å²) >= 11 is 0. The summed E-state index contributed by atoms with van der Waals surface area (Å²) in [6.07, 6.45) is 2.17. The third kappa shape index (κ3) is 17.5. The summed E-state index contributed by atoms with van der Waals surface area (Å²) in [6.45, 7) is 1.45. The van der Waals surface area contributed by atoms with E-state index in [2.05, 4.69) is 52.2 Å². The molecule has 1 aromatic heterocycles. The van der Waals surface area contributed by atoms with E-state index < -0.39 is 102 Å². The van der Waals surface area contributed by atoms with E-state index in [9.17, 15) is 48.3 Å². The summed E-state index contributed by atoms with van der Waals surface area (Å²) in [4.78, 5) is 137. The molecule has 400 valence electrons. The first-order valence-corrected chi connectivity index (χ1v) is 24.7. The van der Waals surface area contributed by atoms with Gasteiger partial charge >= 0.3 is 5.97 Å². The molecule has 0 spiro atoms. The summed E-state index contributed by atoms with van der Waals surface area (Å²) in [5.41, 5.74) is 24.0. The van der Waals surface area contributed by atoms with Gasteiger partial charge in [0.15, 0.2) is 11.9 Å². The second kappa shape index (κ2) is 28.1. The molecule has 2 aromatic carbocycles. The van der Waals surface area contributed by atoms with Crippen molar-refractivity contribution < 1.29 is 48.3 Å². The minimum absolute atomic E-state index is 0.00960. The molecule has 3 heterocycles. The Kier molecular flexibility index (Phi) is 21.5. The number of benzene rings is 2. The second-order valence-corrected chi connectivity index (χ2v) is 18.3. The lowest BCUT2D eigenvalue weighted by Gasteiger charge is -2.31. The number of rotatable bonds is 16. The summed E-state index contributed by atoms with van der Waals surface area (Å²) < 4.78 is 0. The molecule has 5 rings (SSSR count). The smallest absolute Gasteiger partial charge is 0.326 e. The molecule has 0 aliphatic carbocycles. The van der Waals surface area contributed by atoms with Gasteiger partial charge in [-0.25, -0.2) is 4.79 Å². The zero-order valence-corrected chi connectivity index (χ0v) is 41.4. The number of aromatic amines is 1. The highest BCUT2D eigenvalue weighted by Crippen LogP contribution is 2.22. The summed E-state index contributed by atoms with van der Waals surface area (Å²) in [6, 6.07) is 6.62. The van der Waals surface area contributed by atoms with Crippen LogP contribution in [0.25, 0.3) is 10.9 Å². The maximum Gasteiger partial charge on any atom is 0.326 e. The van der Waals surface area contributed by atoms with Gasteiger partial charge in [-0.3, -0.25) is 48.3 Å². The van der Waals surface area contributed by atoms with Crippen LogP contribution in [-0.4, -0.2) is 149 Å². The van der Waals surface area contributed by atoms with Gasteiger partial charge in [-0.1, -0.05) is 48.5 Å². The lowest BCUT2D eigenvalue weighted by atomic mass is 10.0. The number of H-pyrrole nitrogens is 1. The Morgan fingerprint density at radius 3 is 2.09 bits per heavy atom. The maximum atomic E-state index is 14.6. The van der Waals surface area contributed by atoms with E-state index in [4.69, 9.17) is 22.9 Å². The molecule has 2 fully saturated rings. The van der Waals surface area contributed by atoms with Crippen LogP contribution >= 0.6 is 0 Å². The molecule has 3 aromatic rings. The summed E-state index contributed by atoms with van der Waals surface area (Å²) in [7, 11) is 0. The lowest BCUT2D eigenvalue weighted by molar-refractivity contribution is -0.143. The number of nitrogens with zero attached hydrogens (tertiary/aromatic N) is 3. The van der Waals surface area contributed by atoms with Gasteiger partial charge in [0.25, 0.3) is 0 Å². The van der Waals surface area contributed by atoms with Crippen LogP contribution in [0.2, 0.25) is 0 Å². The van der Waals surface area contributed by atoms with Gasteiger partial charge in [0, 0.05) is 63.0 Å². The molecule has 0 radical (unpaired) electrons. The van der Waals surface area contributed by atoms with Gasteiger partial charge < -0.3 is 75.1 Å². The predicted octanol–water partition coefficient (Wildman–Crippen LogP) is -2.25. The van der Waals surface area contributed by atoms with Crippen molar-refractivity contribution in [3.63, 3.8) is 0 Å². The molecule has 7 atom stereocenters. The fourth-order valence-electron chi connectivity index (χ4n) is 8.86. The van der Waals surface area contributed by atoms with Crippen molar-refractivity contribution in [2.75, 3.05) is 26.2 Å². The van der Waals surface area contributed by atoms with Crippen molar-refractivity contribution in [1.82, 2.24) is 47.1 Å². The zero-order chi connectivity index (χ0) is 53.7. The monoisotopic (exact) mass is 1030 g/mol. The molecule has 0 saturated carbocycles. The minimum Gasteiger partial charge on any atom is -0.480 e. The molecule has 17 N–H and O–H groups in total. The highest BCUT2D eigenvalue weighted by molar-refractivity contribution is 5.99. The number of carbonyl (C=O) groups excluding carboxylic acids is 8. The topological polar surface area (TPSA) is 406 Å². The number of hydrogen-bond acceptors (Lipinski definition) is 11. The van der Waals surface area contributed by atoms with Crippen LogP contribution in [0.15, 0.2) is 70.8 Å². The third-order valence-corrected chi connectivity index (χ3v) is 12.6. The number of carboxylic acids is 1. The molecule has 2 saturated heterocycles. The van der Waals surface area contributed by atoms with Crippen molar-refractivity contribution in [3.8, 4) is 0 Å². The minimum atomic E-state index is -1.54. The van der Waals surface area contributed by atoms with Crippen LogP contribution in [0.1, 0.15) is 82.3 Å². The SMILES string of the molecule is CC(=O)N[C@@H](CCCN=C(N)N)C(=O)N[C@H]1CC(=O)NCCCC[C@@H](C(=O)O)NC(=O)[C@H](Cc2c[nH]c3ccccc23)NC(=O)[C@H](CCCN=C(N)N)NC(=O)[C@@H](Cc2ccccc2)NC(=O)[C@@H]2CCCN2C1=O. The largest absolute Gasteiger partial charge is 0.480 e. The quantitative estimate of drug-likeness (QED) is 0.0410. The fourth-order valence-corrected chi connectivity index (χ4v) is 8.86. The molecule has 2 aliphatic heterocycles. The summed E-state index contributed by atoms with van der Waals surface area (Å²) in [5, 5.41) is 29.8. The van der Waals surface area contributed by atoms with Gasteiger partial charge in [-0.15, -0.1) is 0 Å². The van der Waals surface area contributed by atoms with Gasteiger partial charge in [0.1, 0.15) is 42.3 Å². The first kappa shape index (κ1) is 56.7. The zero-order valence-electron chi connectivity index (χ0n) is 41.4. The third-order valence-electron chi connectivity index (χ3n) is 12.6. The van der Waals surface area contributed by atoms with Crippen LogP contribution in [-0.2, 0) is 56.0 Å². The first-order chi connectivity index (χ1) is 35.4. The molecule has 8 amide bonds. The van der Waals surface area contributed by atoms with E-state index >= 15 is 0 Å². The molecule has 25 nitrogen and oxygen atoms in total. The molecule has 74 heavy (non-hydrogen) atoms. The van der Waals surface area contributed by atoms with Gasteiger partial charge in [-0.05, 0) is 75.0 Å². The van der Waals surface area contributed by atoms with Crippen LogP contribution in [0.3, 0.4) is 0 Å². The maximum absolute atomic E-state index is 14.6. The highest BCUT2D eigenvalue weighted by Gasteiger charge is 2.41. The van der Waals surface area contributed by atoms with Crippen LogP contribution in [0.4, 0.5) is 0 Å². The van der Waals surface area contributed by atoms with Crippen molar-refractivity contribution in [1.29, 1.82) is 0 Å². The van der Waals surface area contributed by atoms with Gasteiger partial charge in [-0.2, -0.15) is 0 Å². The number of guanidine groups is 2. The number of nitrogens with two attached hydrogens (primary N) is 4. The van der Waals surface area contributed by atoms with E-state index in [1.165, 1.54) is 11.8 Å². The average molecular weight is 1030 g/mol. The van der Waals surface area contributed by atoms with Gasteiger partial charge in [0.05, 0.1) is 6.42 Å². The van der Waals surface area contributed by atoms with E-state index in [-0.39, 0.29) is 102 Å². The standard InChI is InChI=1S/C49H69N15O10/c1-28(65)58-33(17-9-21-55-48(50)51)41(67)63-38-26-40(66)54-20-8-7-16-35(47(73)74)60-44(70)37(25-30-27-57-32-15-6-5-14-31(30)32)61-42(68)34(18-10-22-56-49(52)53)59-43(69)36(24-29-12-3-2-4-13-29)62-45(71)39-19-11-23-64(39)46(38)72/h2-6,12-15,27,33-39,57H,7-11,16-26H2,1H3,(H,54,66)(H,58,65)(H,59,69)(H,60,70)(H,61,68)(H,62,71)(H,63,67)(H,73,74)(H4,50,51,55)(H4,52,53,56)/t33-,34-,35-,36+,37-,38-,39-/m0/s1. The Bertz CT molecular complexity index is 2530. The number of carbonyl (C=O) groups is 9. The van der Waals surface area contributed by atoms with Crippen LogP contribution in [0.5, 0.6) is 0 Å². The molecule has 2 aliphatic rings. The molecule has 0 unspecified atom stereocenters. The number of aromatic nitrogens is 1. The van der Waals surface area contributed by atoms with Crippen molar-refractivity contribution in [2.24, 2.45) is 32.9 Å². The molecule has 0 bridgehead atoms. The van der Waals surface area contributed by atoms with Crippen LogP contribution < -0.4 is 60.2 Å². The molecular formula is C49H69N15O10. The molecular weight excluding hydrogens is 959 g/mol. The second-order valence-electron chi connectivity index (χ2n) is 18.3. The van der Waals surface area contributed by atoms with E-state index in [0.29, 0.717) is 17.5 Å². The highest BCUT2D eigenvalue weighted by atomic mass is 16.4. The Balaban J connectivity index is 1.51. The van der Waals surface area contributed by atoms with Crippen LogP contribution in [0, 0.1) is 0 Å². The Hall–Kier alpha value is -8.25. The van der Waals surface area contributed by atoms with Crippen molar-refractivity contribution in [3.05, 3.63) is 71.9 Å². The first-order valence-electron chi connectivity index (χ1n) is 24.7. The average Bonchev–Trinajstić information content (AvgIpc) is 4.02. The van der Waals surface area contributed by atoms with E-state index in [1.54, 1.807) is 42.6 Å². The Morgan fingerprint density at radius 2 is 1.39 bits per heavy atom. The Morgan fingerprint density at radius 1 is 0.757 bits per heavy atom. The van der Waals surface area contributed by atoms with Crippen molar-refractivity contribution in [2.45, 2.75) is 126 Å². The van der Waals surface area contributed by atoms with Crippen molar-refractivity contribution >= 4 is 76.0 Å². The number of para-hydroxylation sites is 1. The number of amides is 8. The molecule has 25 heteroatoms. The number of carboxylic acid groups (broad SMARTS) is 1. The number of hydrogen-bond donors (Lipinski definition) is 13. The van der Waals surface area contributed by atoms with E-state index in [1.807, 2.05) is 18.2 Å². The van der Waals surface area contributed by atoms with Gasteiger partial charge in [0.2, 0.25) is 47.3 Å². The van der Waals surface area contributed by atoms with E-state index in [0.717, 1.165) is 10.9 Å².